The molecule has 2 rings (SSSR count). The van der Waals surface area contributed by atoms with Crippen molar-refractivity contribution in [1.29, 1.82) is 0 Å². The molecule has 0 aromatic heterocycles. The molecule has 0 aliphatic carbocycles. The summed E-state index contributed by atoms with van der Waals surface area (Å²) in [7, 11) is 2.02. The Morgan fingerprint density at radius 3 is 2.54 bits per heavy atom. The largest absolute Gasteiger partial charge is 0.386 e. The maximum Gasteiger partial charge on any atom is 0.104 e. The highest BCUT2D eigenvalue weighted by Gasteiger charge is 2.41. The van der Waals surface area contributed by atoms with Crippen LogP contribution in [0.5, 0.6) is 0 Å². The zero-order chi connectivity index (χ0) is 9.64. The summed E-state index contributed by atoms with van der Waals surface area (Å²) < 4.78 is 0. The van der Waals surface area contributed by atoms with Gasteiger partial charge in [-0.15, -0.1) is 0 Å². The van der Waals surface area contributed by atoms with Crippen LogP contribution in [-0.2, 0) is 0 Å². The molecule has 1 atom stereocenters. The Labute approximate surface area is 78.8 Å². The molecule has 0 fully saturated rings. The Bertz CT molecular complexity index is 302. The first-order chi connectivity index (χ1) is 6.05. The Kier molecular flexibility index (Phi) is 1.64. The van der Waals surface area contributed by atoms with Crippen molar-refractivity contribution in [3.63, 3.8) is 0 Å². The topological polar surface area (TPSA) is 23.5 Å². The van der Waals surface area contributed by atoms with E-state index in [1.54, 1.807) is 0 Å². The van der Waals surface area contributed by atoms with Gasteiger partial charge in [-0.3, -0.25) is 0 Å². The van der Waals surface area contributed by atoms with Gasteiger partial charge < -0.3 is 10.0 Å². The average molecular weight is 177 g/mol. The van der Waals surface area contributed by atoms with E-state index < -0.39 is 0 Å². The summed E-state index contributed by atoms with van der Waals surface area (Å²) in [5.74, 6) is 0. The molecular weight excluding hydrogens is 162 g/mol. The smallest absolute Gasteiger partial charge is 0.104 e. The van der Waals surface area contributed by atoms with E-state index in [1.807, 2.05) is 31.3 Å². The van der Waals surface area contributed by atoms with E-state index in [0.29, 0.717) is 0 Å². The van der Waals surface area contributed by atoms with Crippen LogP contribution >= 0.6 is 0 Å². The second-order valence-electron chi connectivity index (χ2n) is 4.17. The van der Waals surface area contributed by atoms with Crippen molar-refractivity contribution in [3.05, 3.63) is 29.8 Å². The average Bonchev–Trinajstić information content (AvgIpc) is 2.30. The van der Waals surface area contributed by atoms with E-state index in [9.17, 15) is 5.11 Å². The highest BCUT2D eigenvalue weighted by Crippen LogP contribution is 2.44. The number of nitrogens with zero attached hydrogens (tertiary/aromatic N) is 1. The van der Waals surface area contributed by atoms with Crippen LogP contribution in [0.2, 0.25) is 0 Å². The summed E-state index contributed by atoms with van der Waals surface area (Å²) >= 11 is 0. The predicted molar refractivity (Wildman–Crippen MR) is 53.9 cm³/mol. The van der Waals surface area contributed by atoms with Crippen LogP contribution < -0.4 is 4.90 Å². The fraction of sp³-hybridized carbons (Fsp3) is 0.455. The quantitative estimate of drug-likeness (QED) is 0.654. The van der Waals surface area contributed by atoms with Crippen LogP contribution in [0.3, 0.4) is 0 Å². The number of anilines is 1. The van der Waals surface area contributed by atoms with E-state index in [2.05, 4.69) is 18.7 Å². The van der Waals surface area contributed by atoms with Gasteiger partial charge in [0, 0.05) is 18.3 Å². The van der Waals surface area contributed by atoms with Crippen molar-refractivity contribution in [2.75, 3.05) is 11.9 Å². The summed E-state index contributed by atoms with van der Waals surface area (Å²) in [6, 6.07) is 8.01. The molecule has 1 aliphatic rings. The molecule has 1 aromatic rings. The zero-order valence-corrected chi connectivity index (χ0v) is 8.28. The number of hydrogen-bond acceptors (Lipinski definition) is 2. The van der Waals surface area contributed by atoms with E-state index >= 15 is 0 Å². The molecule has 0 saturated heterocycles. The minimum absolute atomic E-state index is 0.191. The van der Waals surface area contributed by atoms with Gasteiger partial charge in [0.05, 0.1) is 5.54 Å². The van der Waals surface area contributed by atoms with Crippen LogP contribution in [0.1, 0.15) is 25.5 Å². The molecule has 0 amide bonds. The molecule has 1 N–H and O–H groups in total. The van der Waals surface area contributed by atoms with E-state index in [0.717, 1.165) is 11.3 Å². The van der Waals surface area contributed by atoms with Crippen LogP contribution in [0.15, 0.2) is 24.3 Å². The zero-order valence-electron chi connectivity index (χ0n) is 8.28. The molecule has 1 aromatic carbocycles. The second-order valence-corrected chi connectivity index (χ2v) is 4.17. The lowest BCUT2D eigenvalue weighted by atomic mass is 9.96. The Morgan fingerprint density at radius 2 is 1.92 bits per heavy atom. The molecular formula is C11H15NO. The van der Waals surface area contributed by atoms with Crippen molar-refractivity contribution in [1.82, 2.24) is 0 Å². The molecule has 13 heavy (non-hydrogen) atoms. The molecule has 0 radical (unpaired) electrons. The fourth-order valence-corrected chi connectivity index (χ4v) is 1.90. The summed E-state index contributed by atoms with van der Waals surface area (Å²) in [5.41, 5.74) is 1.99. The van der Waals surface area contributed by atoms with Gasteiger partial charge in [0.2, 0.25) is 0 Å². The van der Waals surface area contributed by atoms with E-state index in [1.165, 1.54) is 0 Å². The number of para-hydroxylation sites is 1. The summed E-state index contributed by atoms with van der Waals surface area (Å²) in [5, 5.41) is 10.0. The van der Waals surface area contributed by atoms with Crippen molar-refractivity contribution in [2.45, 2.75) is 25.5 Å². The minimum Gasteiger partial charge on any atom is -0.386 e. The van der Waals surface area contributed by atoms with Crippen LogP contribution in [-0.4, -0.2) is 17.7 Å². The monoisotopic (exact) mass is 177 g/mol. The van der Waals surface area contributed by atoms with Gasteiger partial charge in [0.1, 0.15) is 6.10 Å². The third-order valence-corrected chi connectivity index (χ3v) is 3.13. The number of aliphatic hydroxyl groups excluding tert-OH is 1. The highest BCUT2D eigenvalue weighted by atomic mass is 16.3. The lowest BCUT2D eigenvalue weighted by Gasteiger charge is -2.32. The molecule has 1 heterocycles. The molecule has 0 bridgehead atoms. The Hall–Kier alpha value is -1.02. The minimum atomic E-state index is -0.381. The van der Waals surface area contributed by atoms with E-state index in [-0.39, 0.29) is 11.6 Å². The third-order valence-electron chi connectivity index (χ3n) is 3.13. The third kappa shape index (κ3) is 0.985. The van der Waals surface area contributed by atoms with Gasteiger partial charge in [0.25, 0.3) is 0 Å². The Morgan fingerprint density at radius 1 is 1.31 bits per heavy atom. The first kappa shape index (κ1) is 8.57. The standard InChI is InChI=1S/C11H15NO/c1-11(2)10(13)8-6-4-5-7-9(8)12(11)3/h4-7,10,13H,1-3H3/t10-/m0/s1. The highest BCUT2D eigenvalue weighted by molar-refractivity contribution is 5.62. The number of benzene rings is 1. The molecule has 70 valence electrons. The maximum absolute atomic E-state index is 10.0. The van der Waals surface area contributed by atoms with Gasteiger partial charge in [0.15, 0.2) is 0 Å². The van der Waals surface area contributed by atoms with E-state index in [4.69, 9.17) is 0 Å². The van der Waals surface area contributed by atoms with Gasteiger partial charge in [-0.05, 0) is 19.9 Å². The molecule has 2 heteroatoms. The summed E-state index contributed by atoms with van der Waals surface area (Å²) in [4.78, 5) is 2.13. The van der Waals surface area contributed by atoms with Crippen LogP contribution in [0.4, 0.5) is 5.69 Å². The van der Waals surface area contributed by atoms with Crippen molar-refractivity contribution < 1.29 is 5.11 Å². The van der Waals surface area contributed by atoms with Crippen molar-refractivity contribution in [3.8, 4) is 0 Å². The number of fused-ring (bicyclic) bond motifs is 1. The van der Waals surface area contributed by atoms with Crippen molar-refractivity contribution >= 4 is 5.69 Å². The number of aliphatic hydroxyl groups is 1. The summed E-state index contributed by atoms with van der Waals surface area (Å²) in [6.07, 6.45) is -0.381. The van der Waals surface area contributed by atoms with Crippen LogP contribution in [0, 0.1) is 0 Å². The first-order valence-corrected chi connectivity index (χ1v) is 4.56. The fourth-order valence-electron chi connectivity index (χ4n) is 1.90. The number of rotatable bonds is 0. The van der Waals surface area contributed by atoms with Gasteiger partial charge in [-0.25, -0.2) is 0 Å². The number of likely N-dealkylation sites (N-methyl/N-ethyl adjacent to an activating group) is 1. The molecule has 0 unspecified atom stereocenters. The SMILES string of the molecule is CN1c2ccccc2[C@H](O)C1(C)C. The molecule has 0 saturated carbocycles. The molecule has 1 aliphatic heterocycles. The van der Waals surface area contributed by atoms with Crippen molar-refractivity contribution in [2.24, 2.45) is 0 Å². The van der Waals surface area contributed by atoms with Gasteiger partial charge in [-0.2, -0.15) is 0 Å². The normalized spacial score (nSPS) is 24.6. The lowest BCUT2D eigenvalue weighted by Crippen LogP contribution is -2.40. The van der Waals surface area contributed by atoms with Crippen LogP contribution in [0.25, 0.3) is 0 Å². The van der Waals surface area contributed by atoms with Gasteiger partial charge in [-0.1, -0.05) is 18.2 Å². The molecule has 0 spiro atoms. The lowest BCUT2D eigenvalue weighted by molar-refractivity contribution is 0.115. The molecule has 2 nitrogen and oxygen atoms in total. The van der Waals surface area contributed by atoms with Gasteiger partial charge >= 0.3 is 0 Å². The maximum atomic E-state index is 10.0. The number of hydrogen-bond donors (Lipinski definition) is 1. The Balaban J connectivity index is 2.57. The predicted octanol–water partition coefficient (Wildman–Crippen LogP) is 1.95. The second kappa shape index (κ2) is 2.48. The first-order valence-electron chi connectivity index (χ1n) is 4.56. The summed E-state index contributed by atoms with van der Waals surface area (Å²) in [6.45, 7) is 4.11.